The number of rotatable bonds is 6. The number of carbonyl (C=O) groups is 1. The molecule has 156 valence electrons. The molecule has 0 aliphatic heterocycles. The zero-order valence-electron chi connectivity index (χ0n) is 16.4. The lowest BCUT2D eigenvalue weighted by atomic mass is 10.1. The van der Waals surface area contributed by atoms with Crippen LogP contribution in [0.3, 0.4) is 0 Å². The molecule has 0 atom stereocenters. The Morgan fingerprint density at radius 1 is 1.11 bits per heavy atom. The summed E-state index contributed by atoms with van der Waals surface area (Å²) in [5, 5.41) is 6.38. The van der Waals surface area contributed by atoms with Crippen LogP contribution in [0.4, 0.5) is 0 Å². The van der Waals surface area contributed by atoms with Crippen molar-refractivity contribution in [3.8, 4) is 0 Å². The van der Waals surface area contributed by atoms with Gasteiger partial charge in [-0.25, -0.2) is 9.78 Å². The molecule has 0 unspecified atom stereocenters. The average Bonchev–Trinajstić information content (AvgIpc) is 2.89. The van der Waals surface area contributed by atoms with E-state index in [9.17, 15) is 14.4 Å². The molecule has 2 heterocycles. The first-order valence-electron chi connectivity index (χ1n) is 9.60. The minimum Gasteiger partial charge on any atom is -0.353 e. The molecule has 9 nitrogen and oxygen atoms in total. The zero-order valence-corrected chi connectivity index (χ0v) is 17.3. The SMILES string of the molecule is Cl.Cn1c(=O)c2c(ncn2CC(=O)NCCNC2CCCCCC2)n(C)c1=O. The van der Waals surface area contributed by atoms with Crippen LogP contribution >= 0.6 is 12.4 Å². The van der Waals surface area contributed by atoms with Crippen LogP contribution in [0, 0.1) is 0 Å². The van der Waals surface area contributed by atoms with Crippen molar-refractivity contribution in [2.75, 3.05) is 13.1 Å². The molecule has 1 aliphatic carbocycles. The van der Waals surface area contributed by atoms with E-state index >= 15 is 0 Å². The first-order valence-corrected chi connectivity index (χ1v) is 9.60. The molecule has 2 aromatic heterocycles. The van der Waals surface area contributed by atoms with Gasteiger partial charge in [-0.1, -0.05) is 25.7 Å². The lowest BCUT2D eigenvalue weighted by molar-refractivity contribution is -0.121. The number of aryl methyl sites for hydroxylation is 1. The van der Waals surface area contributed by atoms with E-state index in [4.69, 9.17) is 0 Å². The van der Waals surface area contributed by atoms with Crippen molar-refractivity contribution in [1.82, 2.24) is 29.3 Å². The minimum absolute atomic E-state index is 0. The van der Waals surface area contributed by atoms with Crippen molar-refractivity contribution in [2.45, 2.75) is 51.1 Å². The van der Waals surface area contributed by atoms with Crippen molar-refractivity contribution < 1.29 is 4.79 Å². The number of nitrogens with zero attached hydrogens (tertiary/aromatic N) is 4. The fourth-order valence-corrected chi connectivity index (χ4v) is 3.69. The highest BCUT2D eigenvalue weighted by molar-refractivity contribution is 5.85. The minimum atomic E-state index is -0.451. The third kappa shape index (κ3) is 4.82. The number of aromatic nitrogens is 4. The van der Waals surface area contributed by atoms with Gasteiger partial charge >= 0.3 is 5.69 Å². The predicted octanol–water partition coefficient (Wildman–Crippen LogP) is 0.284. The van der Waals surface area contributed by atoms with E-state index in [-0.39, 0.29) is 36.0 Å². The van der Waals surface area contributed by atoms with Gasteiger partial charge in [0.2, 0.25) is 5.91 Å². The second-order valence-corrected chi connectivity index (χ2v) is 7.24. The number of nitrogens with one attached hydrogen (secondary N) is 2. The van der Waals surface area contributed by atoms with Crippen LogP contribution in [0.25, 0.3) is 11.2 Å². The molecule has 0 spiro atoms. The second kappa shape index (κ2) is 9.88. The Balaban J connectivity index is 0.00000280. The summed E-state index contributed by atoms with van der Waals surface area (Å²) in [6.07, 6.45) is 9.02. The summed E-state index contributed by atoms with van der Waals surface area (Å²) in [4.78, 5) is 40.7. The van der Waals surface area contributed by atoms with Gasteiger partial charge in [-0.3, -0.25) is 18.7 Å². The molecule has 0 radical (unpaired) electrons. The first kappa shape index (κ1) is 22.2. The van der Waals surface area contributed by atoms with Crippen LogP contribution in [-0.2, 0) is 25.4 Å². The lowest BCUT2D eigenvalue weighted by Gasteiger charge is -2.16. The fraction of sp³-hybridized carbons (Fsp3) is 0.667. The predicted molar refractivity (Wildman–Crippen MR) is 110 cm³/mol. The summed E-state index contributed by atoms with van der Waals surface area (Å²) in [5.41, 5.74) is -0.350. The molecule has 3 rings (SSSR count). The molecule has 1 fully saturated rings. The number of carbonyl (C=O) groups excluding carboxylic acids is 1. The average molecular weight is 413 g/mol. The molecular weight excluding hydrogens is 384 g/mol. The van der Waals surface area contributed by atoms with Crippen LogP contribution in [0.15, 0.2) is 15.9 Å². The number of hydrogen-bond acceptors (Lipinski definition) is 5. The molecule has 2 N–H and O–H groups in total. The number of amides is 1. The van der Waals surface area contributed by atoms with E-state index in [1.165, 1.54) is 61.0 Å². The van der Waals surface area contributed by atoms with Gasteiger partial charge in [0.05, 0.1) is 6.33 Å². The molecule has 0 aromatic carbocycles. The van der Waals surface area contributed by atoms with Crippen molar-refractivity contribution in [2.24, 2.45) is 14.1 Å². The standard InChI is InChI=1S/C18H28N6O3.ClH/c1-22-16-15(17(26)23(2)18(22)27)24(12-21-16)11-14(25)20-10-9-19-13-7-5-3-4-6-8-13;/h12-13,19H,3-11H2,1-2H3,(H,20,25);1H. The van der Waals surface area contributed by atoms with Gasteiger partial charge in [0, 0.05) is 33.2 Å². The quantitative estimate of drug-likeness (QED) is 0.524. The van der Waals surface area contributed by atoms with Gasteiger partial charge in [-0.05, 0) is 12.8 Å². The summed E-state index contributed by atoms with van der Waals surface area (Å²) in [5.74, 6) is -0.187. The number of hydrogen-bond donors (Lipinski definition) is 2. The molecule has 10 heteroatoms. The highest BCUT2D eigenvalue weighted by Crippen LogP contribution is 2.16. The maximum atomic E-state index is 12.4. The second-order valence-electron chi connectivity index (χ2n) is 7.24. The third-order valence-corrected chi connectivity index (χ3v) is 5.27. The van der Waals surface area contributed by atoms with Gasteiger partial charge in [0.15, 0.2) is 11.2 Å². The van der Waals surface area contributed by atoms with Crippen molar-refractivity contribution in [1.29, 1.82) is 0 Å². The summed E-state index contributed by atoms with van der Waals surface area (Å²) in [6.45, 7) is 1.27. The largest absolute Gasteiger partial charge is 0.353 e. The van der Waals surface area contributed by atoms with Crippen molar-refractivity contribution in [3.05, 3.63) is 27.2 Å². The molecule has 2 aromatic rings. The Morgan fingerprint density at radius 3 is 2.46 bits per heavy atom. The molecule has 1 aliphatic rings. The van der Waals surface area contributed by atoms with Gasteiger partial charge in [0.1, 0.15) is 6.54 Å². The van der Waals surface area contributed by atoms with E-state index in [1.54, 1.807) is 7.05 Å². The summed E-state index contributed by atoms with van der Waals surface area (Å²) >= 11 is 0. The van der Waals surface area contributed by atoms with Gasteiger partial charge in [0.25, 0.3) is 5.56 Å². The van der Waals surface area contributed by atoms with Gasteiger partial charge < -0.3 is 15.2 Å². The third-order valence-electron chi connectivity index (χ3n) is 5.27. The molecular formula is C18H29ClN6O3. The summed E-state index contributed by atoms with van der Waals surface area (Å²) < 4.78 is 3.82. The lowest BCUT2D eigenvalue weighted by Crippen LogP contribution is -2.39. The van der Waals surface area contributed by atoms with Crippen molar-refractivity contribution >= 4 is 29.5 Å². The number of imidazole rings is 1. The zero-order chi connectivity index (χ0) is 19.4. The molecule has 0 saturated heterocycles. The molecule has 1 amide bonds. The molecule has 1 saturated carbocycles. The fourth-order valence-electron chi connectivity index (χ4n) is 3.69. The van der Waals surface area contributed by atoms with Crippen molar-refractivity contribution in [3.63, 3.8) is 0 Å². The Kier molecular flexibility index (Phi) is 7.82. The van der Waals surface area contributed by atoms with E-state index in [0.717, 1.165) is 11.1 Å². The Hall–Kier alpha value is -2.13. The maximum Gasteiger partial charge on any atom is 0.332 e. The van der Waals surface area contributed by atoms with Gasteiger partial charge in [-0.15, -0.1) is 12.4 Å². The first-order chi connectivity index (χ1) is 13.0. The Morgan fingerprint density at radius 2 is 1.79 bits per heavy atom. The summed E-state index contributed by atoms with van der Waals surface area (Å²) in [6, 6.07) is 0.548. The van der Waals surface area contributed by atoms with Crippen LogP contribution in [-0.4, -0.2) is 43.7 Å². The highest BCUT2D eigenvalue weighted by atomic mass is 35.5. The van der Waals surface area contributed by atoms with E-state index in [2.05, 4.69) is 15.6 Å². The van der Waals surface area contributed by atoms with E-state index in [1.807, 2.05) is 0 Å². The van der Waals surface area contributed by atoms with Crippen LogP contribution in [0.1, 0.15) is 38.5 Å². The topological polar surface area (TPSA) is 103 Å². The smallest absolute Gasteiger partial charge is 0.332 e. The monoisotopic (exact) mass is 412 g/mol. The summed E-state index contributed by atoms with van der Waals surface area (Å²) in [7, 11) is 2.97. The molecule has 28 heavy (non-hydrogen) atoms. The number of fused-ring (bicyclic) bond motifs is 1. The Labute approximate surface area is 169 Å². The maximum absolute atomic E-state index is 12.4. The Bertz CT molecular complexity index is 924. The van der Waals surface area contributed by atoms with Crippen LogP contribution in [0.2, 0.25) is 0 Å². The van der Waals surface area contributed by atoms with Crippen LogP contribution in [0.5, 0.6) is 0 Å². The van der Waals surface area contributed by atoms with E-state index < -0.39 is 11.2 Å². The number of halogens is 1. The van der Waals surface area contributed by atoms with Crippen LogP contribution < -0.4 is 21.9 Å². The van der Waals surface area contributed by atoms with Gasteiger partial charge in [-0.2, -0.15) is 0 Å². The normalized spacial score (nSPS) is 15.2. The van der Waals surface area contributed by atoms with E-state index in [0.29, 0.717) is 12.6 Å². The molecule has 0 bridgehead atoms. The highest BCUT2D eigenvalue weighted by Gasteiger charge is 2.16.